The molecule has 2 aromatic rings. The van der Waals surface area contributed by atoms with Crippen LogP contribution in [0.4, 0.5) is 5.69 Å². The molecule has 98 valence electrons. The lowest BCUT2D eigenvalue weighted by molar-refractivity contribution is 0.403. The summed E-state index contributed by atoms with van der Waals surface area (Å²) in [6, 6.07) is 19.5. The normalized spacial score (nSPS) is 19.3. The number of anilines is 1. The average molecular weight is 251 g/mol. The zero-order valence-corrected chi connectivity index (χ0v) is 12.1. The van der Waals surface area contributed by atoms with Crippen molar-refractivity contribution < 1.29 is 0 Å². The fourth-order valence-electron chi connectivity index (χ4n) is 3.71. The SMILES string of the molecule is CC1(C)c2ccccc2C(C)(C)N1c1ccccc1. The van der Waals surface area contributed by atoms with E-state index in [0.29, 0.717) is 0 Å². The number of rotatable bonds is 1. The summed E-state index contributed by atoms with van der Waals surface area (Å²) in [5.74, 6) is 0. The van der Waals surface area contributed by atoms with E-state index in [1.807, 2.05) is 0 Å². The number of benzene rings is 2. The molecule has 1 heterocycles. The molecule has 1 heteroatoms. The van der Waals surface area contributed by atoms with Gasteiger partial charge in [-0.3, -0.25) is 0 Å². The zero-order chi connectivity index (χ0) is 13.7. The highest BCUT2D eigenvalue weighted by molar-refractivity contribution is 5.61. The van der Waals surface area contributed by atoms with Crippen LogP contribution in [-0.4, -0.2) is 0 Å². The molecule has 19 heavy (non-hydrogen) atoms. The standard InChI is InChI=1S/C18H21N/c1-17(2)15-12-8-9-13-16(15)18(3,4)19(17)14-10-6-5-7-11-14/h5-13H,1-4H3. The Morgan fingerprint density at radius 2 is 1.05 bits per heavy atom. The molecule has 0 saturated carbocycles. The summed E-state index contributed by atoms with van der Waals surface area (Å²) in [7, 11) is 0. The molecule has 0 unspecified atom stereocenters. The van der Waals surface area contributed by atoms with Crippen molar-refractivity contribution in [2.75, 3.05) is 4.90 Å². The van der Waals surface area contributed by atoms with Gasteiger partial charge in [0, 0.05) is 5.69 Å². The fraction of sp³-hybridized carbons (Fsp3) is 0.333. The van der Waals surface area contributed by atoms with E-state index in [4.69, 9.17) is 0 Å². The molecular formula is C18H21N. The third kappa shape index (κ3) is 1.61. The van der Waals surface area contributed by atoms with Gasteiger partial charge in [0.25, 0.3) is 0 Å². The van der Waals surface area contributed by atoms with E-state index in [0.717, 1.165) is 0 Å². The molecule has 0 saturated heterocycles. The fourth-order valence-corrected chi connectivity index (χ4v) is 3.71. The van der Waals surface area contributed by atoms with Crippen LogP contribution in [0.1, 0.15) is 38.8 Å². The molecule has 1 aliphatic rings. The Hall–Kier alpha value is -1.76. The van der Waals surface area contributed by atoms with E-state index < -0.39 is 0 Å². The molecule has 0 N–H and O–H groups in total. The van der Waals surface area contributed by atoms with Crippen molar-refractivity contribution >= 4 is 5.69 Å². The van der Waals surface area contributed by atoms with E-state index in [2.05, 4.69) is 87.2 Å². The molecule has 0 atom stereocenters. The molecule has 3 rings (SSSR count). The summed E-state index contributed by atoms with van der Waals surface area (Å²) in [6.07, 6.45) is 0. The summed E-state index contributed by atoms with van der Waals surface area (Å²) >= 11 is 0. The van der Waals surface area contributed by atoms with Gasteiger partial charge in [0.1, 0.15) is 0 Å². The molecule has 0 bridgehead atoms. The average Bonchev–Trinajstić information content (AvgIpc) is 2.55. The minimum atomic E-state index is 0.0153. The Kier molecular flexibility index (Phi) is 2.50. The van der Waals surface area contributed by atoms with Crippen LogP contribution in [-0.2, 0) is 11.1 Å². The maximum Gasteiger partial charge on any atom is 0.0610 e. The molecule has 0 radical (unpaired) electrons. The first-order chi connectivity index (χ1) is 8.95. The van der Waals surface area contributed by atoms with Crippen molar-refractivity contribution in [3.05, 3.63) is 65.7 Å². The first-order valence-corrected chi connectivity index (χ1v) is 6.91. The van der Waals surface area contributed by atoms with E-state index in [-0.39, 0.29) is 11.1 Å². The molecule has 1 nitrogen and oxygen atoms in total. The van der Waals surface area contributed by atoms with Gasteiger partial charge >= 0.3 is 0 Å². The summed E-state index contributed by atoms with van der Waals surface area (Å²) in [6.45, 7) is 9.25. The lowest BCUT2D eigenvalue weighted by atomic mass is 9.91. The third-order valence-corrected chi connectivity index (χ3v) is 4.38. The number of hydrogen-bond acceptors (Lipinski definition) is 1. The number of nitrogens with zero attached hydrogens (tertiary/aromatic N) is 1. The summed E-state index contributed by atoms with van der Waals surface area (Å²) < 4.78 is 0. The van der Waals surface area contributed by atoms with Gasteiger partial charge in [-0.2, -0.15) is 0 Å². The smallest absolute Gasteiger partial charge is 0.0610 e. The van der Waals surface area contributed by atoms with Crippen molar-refractivity contribution in [1.82, 2.24) is 0 Å². The molecule has 0 fully saturated rings. The van der Waals surface area contributed by atoms with Crippen LogP contribution in [0.2, 0.25) is 0 Å². The minimum absolute atomic E-state index is 0.0153. The van der Waals surface area contributed by atoms with E-state index >= 15 is 0 Å². The second-order valence-electron chi connectivity index (χ2n) is 6.33. The third-order valence-electron chi connectivity index (χ3n) is 4.38. The van der Waals surface area contributed by atoms with E-state index in [9.17, 15) is 0 Å². The van der Waals surface area contributed by atoms with Crippen LogP contribution in [0.15, 0.2) is 54.6 Å². The summed E-state index contributed by atoms with van der Waals surface area (Å²) in [5, 5.41) is 0. The van der Waals surface area contributed by atoms with Gasteiger partial charge in [0.15, 0.2) is 0 Å². The number of hydrogen-bond donors (Lipinski definition) is 0. The lowest BCUT2D eigenvalue weighted by Crippen LogP contribution is -2.45. The molecule has 0 aromatic heterocycles. The van der Waals surface area contributed by atoms with E-state index in [1.54, 1.807) is 0 Å². The largest absolute Gasteiger partial charge is 0.353 e. The van der Waals surface area contributed by atoms with Crippen LogP contribution in [0.3, 0.4) is 0 Å². The Morgan fingerprint density at radius 3 is 1.53 bits per heavy atom. The molecule has 0 amide bonds. The Balaban J connectivity index is 2.23. The second-order valence-corrected chi connectivity index (χ2v) is 6.33. The van der Waals surface area contributed by atoms with Crippen LogP contribution >= 0.6 is 0 Å². The molecule has 0 aliphatic carbocycles. The van der Waals surface area contributed by atoms with Gasteiger partial charge in [0.2, 0.25) is 0 Å². The van der Waals surface area contributed by atoms with Crippen LogP contribution in [0.5, 0.6) is 0 Å². The van der Waals surface area contributed by atoms with Gasteiger partial charge < -0.3 is 4.90 Å². The van der Waals surface area contributed by atoms with Crippen LogP contribution in [0, 0.1) is 0 Å². The minimum Gasteiger partial charge on any atom is -0.353 e. The topological polar surface area (TPSA) is 3.24 Å². The van der Waals surface area contributed by atoms with E-state index in [1.165, 1.54) is 16.8 Å². The second kappa shape index (κ2) is 3.86. The summed E-state index contributed by atoms with van der Waals surface area (Å²) in [5.41, 5.74) is 4.18. The lowest BCUT2D eigenvalue weighted by Gasteiger charge is -2.43. The highest BCUT2D eigenvalue weighted by Gasteiger charge is 2.48. The van der Waals surface area contributed by atoms with Crippen molar-refractivity contribution in [1.29, 1.82) is 0 Å². The van der Waals surface area contributed by atoms with Crippen molar-refractivity contribution in [2.24, 2.45) is 0 Å². The molecule has 1 aliphatic heterocycles. The van der Waals surface area contributed by atoms with Gasteiger partial charge in [0.05, 0.1) is 11.1 Å². The van der Waals surface area contributed by atoms with Crippen LogP contribution in [0.25, 0.3) is 0 Å². The van der Waals surface area contributed by atoms with Crippen molar-refractivity contribution in [3.8, 4) is 0 Å². The predicted octanol–water partition coefficient (Wildman–Crippen LogP) is 4.68. The maximum absolute atomic E-state index is 2.53. The highest BCUT2D eigenvalue weighted by atomic mass is 15.3. The predicted molar refractivity (Wildman–Crippen MR) is 81.4 cm³/mol. The number of fused-ring (bicyclic) bond motifs is 1. The van der Waals surface area contributed by atoms with Gasteiger partial charge in [-0.1, -0.05) is 42.5 Å². The van der Waals surface area contributed by atoms with Gasteiger partial charge in [-0.25, -0.2) is 0 Å². The first-order valence-electron chi connectivity index (χ1n) is 6.91. The first kappa shape index (κ1) is 12.3. The molecule has 2 aromatic carbocycles. The zero-order valence-electron chi connectivity index (χ0n) is 12.1. The monoisotopic (exact) mass is 251 g/mol. The van der Waals surface area contributed by atoms with Crippen LogP contribution < -0.4 is 4.90 Å². The molecule has 0 spiro atoms. The highest BCUT2D eigenvalue weighted by Crippen LogP contribution is 2.51. The summed E-state index contributed by atoms with van der Waals surface area (Å²) in [4.78, 5) is 2.53. The maximum atomic E-state index is 2.53. The quantitative estimate of drug-likeness (QED) is 0.711. The Bertz CT molecular complexity index is 561. The Morgan fingerprint density at radius 1 is 0.632 bits per heavy atom. The van der Waals surface area contributed by atoms with Gasteiger partial charge in [-0.05, 0) is 51.0 Å². The van der Waals surface area contributed by atoms with Crippen molar-refractivity contribution in [2.45, 2.75) is 38.8 Å². The Labute approximate surface area is 115 Å². The number of para-hydroxylation sites is 1. The van der Waals surface area contributed by atoms with Gasteiger partial charge in [-0.15, -0.1) is 0 Å². The molecular weight excluding hydrogens is 230 g/mol. The van der Waals surface area contributed by atoms with Crippen molar-refractivity contribution in [3.63, 3.8) is 0 Å².